The third-order valence-electron chi connectivity index (χ3n) is 3.11. The molecular weight excluding hydrogens is 333 g/mol. The second-order valence-corrected chi connectivity index (χ2v) is 5.56. The van der Waals surface area contributed by atoms with Crippen LogP contribution in [0.5, 0.6) is 17.4 Å². The highest BCUT2D eigenvalue weighted by Gasteiger charge is 2.04. The molecular formula is C18H13Cl2NO2. The molecule has 0 saturated heterocycles. The van der Waals surface area contributed by atoms with Gasteiger partial charge in [0.2, 0.25) is 5.88 Å². The number of para-hydroxylation sites is 1. The van der Waals surface area contributed by atoms with Crippen molar-refractivity contribution in [1.29, 1.82) is 0 Å². The minimum Gasteiger partial charge on any atom is -0.487 e. The Morgan fingerprint density at radius 1 is 0.826 bits per heavy atom. The maximum Gasteiger partial charge on any atom is 0.219 e. The molecule has 5 heteroatoms. The second-order valence-electron chi connectivity index (χ2n) is 4.74. The molecule has 0 unspecified atom stereocenters. The van der Waals surface area contributed by atoms with Crippen LogP contribution in [0.25, 0.3) is 0 Å². The molecule has 0 amide bonds. The van der Waals surface area contributed by atoms with E-state index in [9.17, 15) is 0 Å². The van der Waals surface area contributed by atoms with Gasteiger partial charge in [-0.3, -0.25) is 0 Å². The highest BCUT2D eigenvalue weighted by atomic mass is 35.5. The zero-order valence-corrected chi connectivity index (χ0v) is 13.6. The van der Waals surface area contributed by atoms with Crippen LogP contribution in [0.3, 0.4) is 0 Å². The highest BCUT2D eigenvalue weighted by molar-refractivity contribution is 6.32. The molecule has 0 fully saturated rings. The van der Waals surface area contributed by atoms with Crippen LogP contribution in [0.1, 0.15) is 5.56 Å². The standard InChI is InChI=1S/C18H13Cl2NO2/c19-15-6-2-1-5-13(15)12-22-14-9-10-18(21-11-14)23-17-8-4-3-7-16(17)20/h1-11H,12H2. The zero-order valence-electron chi connectivity index (χ0n) is 12.1. The first kappa shape index (κ1) is 15.7. The van der Waals surface area contributed by atoms with Gasteiger partial charge in [-0.2, -0.15) is 0 Å². The molecule has 0 spiro atoms. The summed E-state index contributed by atoms with van der Waals surface area (Å²) in [6, 6.07) is 18.3. The molecule has 0 radical (unpaired) electrons. The van der Waals surface area contributed by atoms with Crippen LogP contribution in [0.15, 0.2) is 66.9 Å². The molecule has 23 heavy (non-hydrogen) atoms. The minimum absolute atomic E-state index is 0.381. The summed E-state index contributed by atoms with van der Waals surface area (Å²) in [7, 11) is 0. The number of ether oxygens (including phenoxy) is 2. The fraction of sp³-hybridized carbons (Fsp3) is 0.0556. The SMILES string of the molecule is Clc1ccccc1COc1ccc(Oc2ccccc2Cl)nc1. The Balaban J connectivity index is 1.63. The molecule has 3 rings (SSSR count). The Morgan fingerprint density at radius 3 is 2.26 bits per heavy atom. The van der Waals surface area contributed by atoms with E-state index in [1.54, 1.807) is 30.5 Å². The van der Waals surface area contributed by atoms with Gasteiger partial charge in [-0.25, -0.2) is 4.98 Å². The first-order chi connectivity index (χ1) is 11.2. The van der Waals surface area contributed by atoms with Gasteiger partial charge >= 0.3 is 0 Å². The van der Waals surface area contributed by atoms with Crippen molar-refractivity contribution in [2.75, 3.05) is 0 Å². The molecule has 0 saturated carbocycles. The lowest BCUT2D eigenvalue weighted by Gasteiger charge is -2.09. The summed E-state index contributed by atoms with van der Waals surface area (Å²) in [6.07, 6.45) is 1.60. The molecule has 2 aromatic carbocycles. The summed E-state index contributed by atoms with van der Waals surface area (Å²) in [6.45, 7) is 0.381. The van der Waals surface area contributed by atoms with Crippen molar-refractivity contribution in [3.8, 4) is 17.4 Å². The van der Waals surface area contributed by atoms with Crippen LogP contribution >= 0.6 is 23.2 Å². The van der Waals surface area contributed by atoms with Crippen molar-refractivity contribution >= 4 is 23.2 Å². The molecule has 0 aliphatic heterocycles. The van der Waals surface area contributed by atoms with E-state index in [0.29, 0.717) is 34.0 Å². The molecule has 3 aromatic rings. The van der Waals surface area contributed by atoms with E-state index >= 15 is 0 Å². The number of hydrogen-bond acceptors (Lipinski definition) is 3. The van der Waals surface area contributed by atoms with Crippen LogP contribution in [-0.2, 0) is 6.61 Å². The van der Waals surface area contributed by atoms with Crippen molar-refractivity contribution < 1.29 is 9.47 Å². The summed E-state index contributed by atoms with van der Waals surface area (Å²) >= 11 is 12.1. The molecule has 0 aliphatic rings. The van der Waals surface area contributed by atoms with Gasteiger partial charge in [-0.15, -0.1) is 0 Å². The van der Waals surface area contributed by atoms with E-state index in [1.165, 1.54) is 0 Å². The lowest BCUT2D eigenvalue weighted by atomic mass is 10.2. The molecule has 116 valence electrons. The van der Waals surface area contributed by atoms with Crippen LogP contribution in [0.2, 0.25) is 10.0 Å². The quantitative estimate of drug-likeness (QED) is 0.589. The van der Waals surface area contributed by atoms with Crippen LogP contribution in [-0.4, -0.2) is 4.98 Å². The average Bonchev–Trinajstić information content (AvgIpc) is 2.57. The molecule has 0 N–H and O–H groups in total. The fourth-order valence-corrected chi connectivity index (χ4v) is 2.29. The normalized spacial score (nSPS) is 10.3. The first-order valence-corrected chi connectivity index (χ1v) is 7.72. The number of aromatic nitrogens is 1. The zero-order chi connectivity index (χ0) is 16.1. The van der Waals surface area contributed by atoms with Gasteiger partial charge in [0.25, 0.3) is 0 Å². The summed E-state index contributed by atoms with van der Waals surface area (Å²) in [4.78, 5) is 4.21. The Bertz CT molecular complexity index is 791. The van der Waals surface area contributed by atoms with Gasteiger partial charge in [0, 0.05) is 16.7 Å². The van der Waals surface area contributed by atoms with Gasteiger partial charge in [0.1, 0.15) is 18.1 Å². The summed E-state index contributed by atoms with van der Waals surface area (Å²) < 4.78 is 11.3. The minimum atomic E-state index is 0.381. The van der Waals surface area contributed by atoms with E-state index < -0.39 is 0 Å². The van der Waals surface area contributed by atoms with Gasteiger partial charge in [0.15, 0.2) is 0 Å². The van der Waals surface area contributed by atoms with Crippen molar-refractivity contribution in [3.63, 3.8) is 0 Å². The fourth-order valence-electron chi connectivity index (χ4n) is 1.93. The lowest BCUT2D eigenvalue weighted by molar-refractivity contribution is 0.304. The molecule has 1 heterocycles. The average molecular weight is 346 g/mol. The Hall–Kier alpha value is -2.23. The topological polar surface area (TPSA) is 31.4 Å². The van der Waals surface area contributed by atoms with Crippen molar-refractivity contribution in [1.82, 2.24) is 4.98 Å². The molecule has 0 bridgehead atoms. The van der Waals surface area contributed by atoms with Crippen LogP contribution < -0.4 is 9.47 Å². The summed E-state index contributed by atoms with van der Waals surface area (Å²) in [5.41, 5.74) is 0.922. The second kappa shape index (κ2) is 7.36. The smallest absolute Gasteiger partial charge is 0.219 e. The molecule has 3 nitrogen and oxygen atoms in total. The number of nitrogens with zero attached hydrogens (tertiary/aromatic N) is 1. The van der Waals surface area contributed by atoms with E-state index in [4.69, 9.17) is 32.7 Å². The number of rotatable bonds is 5. The van der Waals surface area contributed by atoms with Crippen LogP contribution in [0, 0.1) is 0 Å². The third-order valence-corrected chi connectivity index (χ3v) is 3.79. The van der Waals surface area contributed by atoms with E-state index in [0.717, 1.165) is 5.56 Å². The molecule has 1 aromatic heterocycles. The number of benzene rings is 2. The first-order valence-electron chi connectivity index (χ1n) is 6.97. The van der Waals surface area contributed by atoms with Crippen LogP contribution in [0.4, 0.5) is 0 Å². The Morgan fingerprint density at radius 2 is 1.57 bits per heavy atom. The van der Waals surface area contributed by atoms with E-state index in [1.807, 2.05) is 36.4 Å². The summed E-state index contributed by atoms with van der Waals surface area (Å²) in [5.74, 6) is 1.64. The summed E-state index contributed by atoms with van der Waals surface area (Å²) in [5, 5.41) is 1.22. The molecule has 0 aliphatic carbocycles. The van der Waals surface area contributed by atoms with Gasteiger partial charge in [-0.05, 0) is 24.3 Å². The Kier molecular flexibility index (Phi) is 5.01. The molecule has 0 atom stereocenters. The van der Waals surface area contributed by atoms with E-state index in [2.05, 4.69) is 4.98 Å². The van der Waals surface area contributed by atoms with Gasteiger partial charge in [0.05, 0.1) is 11.2 Å². The van der Waals surface area contributed by atoms with Gasteiger partial charge < -0.3 is 9.47 Å². The number of hydrogen-bond donors (Lipinski definition) is 0. The predicted octanol–water partition coefficient (Wildman–Crippen LogP) is 5.76. The van der Waals surface area contributed by atoms with Crippen molar-refractivity contribution in [2.24, 2.45) is 0 Å². The predicted molar refractivity (Wildman–Crippen MR) is 91.5 cm³/mol. The maximum absolute atomic E-state index is 6.09. The largest absolute Gasteiger partial charge is 0.487 e. The number of halogens is 2. The van der Waals surface area contributed by atoms with Gasteiger partial charge in [-0.1, -0.05) is 53.5 Å². The lowest BCUT2D eigenvalue weighted by Crippen LogP contribution is -1.97. The highest BCUT2D eigenvalue weighted by Crippen LogP contribution is 2.28. The number of pyridine rings is 1. The maximum atomic E-state index is 6.09. The van der Waals surface area contributed by atoms with E-state index in [-0.39, 0.29) is 0 Å². The monoisotopic (exact) mass is 345 g/mol. The van der Waals surface area contributed by atoms with Crippen molar-refractivity contribution in [2.45, 2.75) is 6.61 Å². The Labute approximate surface area is 144 Å². The van der Waals surface area contributed by atoms with Crippen molar-refractivity contribution in [3.05, 3.63) is 82.5 Å². The third kappa shape index (κ3) is 4.15.